The molecule has 6 heteroatoms. The van der Waals surface area contributed by atoms with Gasteiger partial charge in [0.2, 0.25) is 11.9 Å². The zero-order valence-electron chi connectivity index (χ0n) is 7.66. The summed E-state index contributed by atoms with van der Waals surface area (Å²) >= 11 is 0. The number of rotatable bonds is 3. The molecule has 0 amide bonds. The molecule has 0 unspecified atom stereocenters. The van der Waals surface area contributed by atoms with Gasteiger partial charge in [-0.3, -0.25) is 4.98 Å². The summed E-state index contributed by atoms with van der Waals surface area (Å²) in [5.41, 5.74) is 4.84. The van der Waals surface area contributed by atoms with Crippen LogP contribution in [0.25, 0.3) is 0 Å². The lowest BCUT2D eigenvalue weighted by Crippen LogP contribution is -2.22. The molecule has 0 spiro atoms. The van der Waals surface area contributed by atoms with E-state index in [1.807, 2.05) is 13.8 Å². The first-order valence-corrected chi connectivity index (χ1v) is 4.12. The Labute approximate surface area is 75.6 Å². The van der Waals surface area contributed by atoms with E-state index in [0.717, 1.165) is 6.42 Å². The highest BCUT2D eigenvalue weighted by Crippen LogP contribution is 2.00. The highest BCUT2D eigenvalue weighted by atomic mass is 16.1. The van der Waals surface area contributed by atoms with E-state index in [2.05, 4.69) is 20.3 Å². The van der Waals surface area contributed by atoms with Gasteiger partial charge in [-0.1, -0.05) is 6.92 Å². The molecule has 0 aliphatic rings. The molecule has 1 rings (SSSR count). The zero-order chi connectivity index (χ0) is 9.84. The van der Waals surface area contributed by atoms with Crippen LogP contribution in [-0.2, 0) is 0 Å². The maximum absolute atomic E-state index is 10.9. The fourth-order valence-electron chi connectivity index (χ4n) is 0.788. The van der Waals surface area contributed by atoms with Gasteiger partial charge in [-0.2, -0.15) is 9.97 Å². The minimum absolute atomic E-state index is 0.0748. The lowest BCUT2D eigenvalue weighted by molar-refractivity contribution is 0.749. The van der Waals surface area contributed by atoms with E-state index >= 15 is 0 Å². The number of nitrogens with two attached hydrogens (primary N) is 1. The number of nitrogen functional groups attached to an aromatic ring is 1. The van der Waals surface area contributed by atoms with Crippen LogP contribution < -0.4 is 16.7 Å². The third kappa shape index (κ3) is 2.73. The second-order valence-corrected chi connectivity index (χ2v) is 2.82. The van der Waals surface area contributed by atoms with E-state index in [9.17, 15) is 4.79 Å². The van der Waals surface area contributed by atoms with Crippen molar-refractivity contribution in [2.45, 2.75) is 26.3 Å². The van der Waals surface area contributed by atoms with Crippen LogP contribution in [0.2, 0.25) is 0 Å². The van der Waals surface area contributed by atoms with Crippen LogP contribution in [0.3, 0.4) is 0 Å². The smallest absolute Gasteiger partial charge is 0.350 e. The van der Waals surface area contributed by atoms with Gasteiger partial charge < -0.3 is 11.1 Å². The molecular formula is C7H13N5O. The Balaban J connectivity index is 2.83. The first kappa shape index (κ1) is 9.50. The van der Waals surface area contributed by atoms with Gasteiger partial charge in [-0.25, -0.2) is 4.79 Å². The number of nitrogens with one attached hydrogen (secondary N) is 2. The van der Waals surface area contributed by atoms with E-state index in [1.165, 1.54) is 0 Å². The average molecular weight is 183 g/mol. The fraction of sp³-hybridized carbons (Fsp3) is 0.571. The van der Waals surface area contributed by atoms with Gasteiger partial charge in [0.05, 0.1) is 0 Å². The van der Waals surface area contributed by atoms with Crippen molar-refractivity contribution < 1.29 is 0 Å². The number of H-pyrrole nitrogens is 1. The molecule has 0 aliphatic carbocycles. The molecule has 13 heavy (non-hydrogen) atoms. The second-order valence-electron chi connectivity index (χ2n) is 2.82. The summed E-state index contributed by atoms with van der Waals surface area (Å²) in [4.78, 5) is 20.5. The van der Waals surface area contributed by atoms with Crippen LogP contribution in [0.15, 0.2) is 4.79 Å². The van der Waals surface area contributed by atoms with E-state index < -0.39 is 5.69 Å². The van der Waals surface area contributed by atoms with Crippen molar-refractivity contribution in [1.82, 2.24) is 15.0 Å². The van der Waals surface area contributed by atoms with E-state index in [1.54, 1.807) is 0 Å². The molecule has 72 valence electrons. The summed E-state index contributed by atoms with van der Waals surface area (Å²) < 4.78 is 0. The Morgan fingerprint density at radius 3 is 2.85 bits per heavy atom. The Morgan fingerprint density at radius 2 is 2.31 bits per heavy atom. The first-order valence-electron chi connectivity index (χ1n) is 4.12. The Bertz CT molecular complexity index is 334. The van der Waals surface area contributed by atoms with Crippen LogP contribution in [0, 0.1) is 0 Å². The van der Waals surface area contributed by atoms with Crippen molar-refractivity contribution in [1.29, 1.82) is 0 Å². The first-order chi connectivity index (χ1) is 6.11. The van der Waals surface area contributed by atoms with Gasteiger partial charge in [0.15, 0.2) is 0 Å². The average Bonchev–Trinajstić information content (AvgIpc) is 2.02. The molecule has 6 nitrogen and oxygen atoms in total. The summed E-state index contributed by atoms with van der Waals surface area (Å²) in [6.07, 6.45) is 0.927. The molecule has 1 heterocycles. The molecule has 0 saturated carbocycles. The number of nitrogens with zero attached hydrogens (tertiary/aromatic N) is 2. The Morgan fingerprint density at radius 1 is 1.62 bits per heavy atom. The van der Waals surface area contributed by atoms with Gasteiger partial charge in [0.25, 0.3) is 0 Å². The number of aromatic amines is 1. The molecule has 1 atom stereocenters. The summed E-state index contributed by atoms with van der Waals surface area (Å²) in [7, 11) is 0. The quantitative estimate of drug-likeness (QED) is 0.610. The molecule has 0 aliphatic heterocycles. The van der Waals surface area contributed by atoms with Crippen LogP contribution in [0.4, 0.5) is 11.9 Å². The monoisotopic (exact) mass is 183 g/mol. The van der Waals surface area contributed by atoms with Crippen molar-refractivity contribution in [3.63, 3.8) is 0 Å². The predicted molar refractivity (Wildman–Crippen MR) is 50.4 cm³/mol. The molecule has 1 aromatic rings. The van der Waals surface area contributed by atoms with E-state index in [-0.39, 0.29) is 17.9 Å². The minimum atomic E-state index is -0.488. The van der Waals surface area contributed by atoms with Crippen molar-refractivity contribution >= 4 is 11.9 Å². The van der Waals surface area contributed by atoms with Gasteiger partial charge >= 0.3 is 5.69 Å². The highest BCUT2D eigenvalue weighted by molar-refractivity contribution is 5.29. The van der Waals surface area contributed by atoms with Crippen LogP contribution in [0.5, 0.6) is 0 Å². The van der Waals surface area contributed by atoms with Crippen LogP contribution >= 0.6 is 0 Å². The van der Waals surface area contributed by atoms with Gasteiger partial charge in [-0.15, -0.1) is 0 Å². The van der Waals surface area contributed by atoms with E-state index in [0.29, 0.717) is 0 Å². The third-order valence-corrected chi connectivity index (χ3v) is 1.66. The molecule has 0 bridgehead atoms. The van der Waals surface area contributed by atoms with Crippen molar-refractivity contribution in [2.24, 2.45) is 0 Å². The van der Waals surface area contributed by atoms with Crippen molar-refractivity contribution in [2.75, 3.05) is 11.1 Å². The number of aromatic nitrogens is 3. The summed E-state index contributed by atoms with van der Waals surface area (Å²) in [5.74, 6) is 0.349. The molecule has 0 aromatic carbocycles. The molecule has 4 N–H and O–H groups in total. The van der Waals surface area contributed by atoms with E-state index in [4.69, 9.17) is 5.73 Å². The molecule has 0 saturated heterocycles. The lowest BCUT2D eigenvalue weighted by atomic mass is 10.3. The van der Waals surface area contributed by atoms with Crippen LogP contribution in [-0.4, -0.2) is 21.0 Å². The highest BCUT2D eigenvalue weighted by Gasteiger charge is 2.02. The number of hydrogen-bond acceptors (Lipinski definition) is 5. The Kier molecular flexibility index (Phi) is 2.84. The normalized spacial score (nSPS) is 12.5. The fourth-order valence-corrected chi connectivity index (χ4v) is 0.788. The third-order valence-electron chi connectivity index (χ3n) is 1.66. The summed E-state index contributed by atoms with van der Waals surface area (Å²) in [6, 6.07) is 0.223. The second kappa shape index (κ2) is 3.88. The zero-order valence-corrected chi connectivity index (χ0v) is 7.66. The predicted octanol–water partition coefficient (Wildman–Crippen LogP) is -0.0425. The molecule has 0 fully saturated rings. The summed E-state index contributed by atoms with van der Waals surface area (Å²) in [5, 5.41) is 2.95. The lowest BCUT2D eigenvalue weighted by Gasteiger charge is -2.09. The van der Waals surface area contributed by atoms with Crippen LogP contribution in [0.1, 0.15) is 20.3 Å². The van der Waals surface area contributed by atoms with Crippen molar-refractivity contribution in [3.05, 3.63) is 10.5 Å². The maximum Gasteiger partial charge on any atom is 0.350 e. The SMILES string of the molecule is CC[C@@H](C)Nc1nc(N)[nH]c(=O)n1. The molecule has 1 aromatic heterocycles. The number of anilines is 2. The van der Waals surface area contributed by atoms with Gasteiger partial charge in [0, 0.05) is 6.04 Å². The number of hydrogen-bond donors (Lipinski definition) is 3. The van der Waals surface area contributed by atoms with Gasteiger partial charge in [-0.05, 0) is 13.3 Å². The topological polar surface area (TPSA) is 96.7 Å². The minimum Gasteiger partial charge on any atom is -0.369 e. The largest absolute Gasteiger partial charge is 0.369 e. The maximum atomic E-state index is 10.9. The van der Waals surface area contributed by atoms with Crippen molar-refractivity contribution in [3.8, 4) is 0 Å². The molecule has 0 radical (unpaired) electrons. The standard InChI is InChI=1S/C7H13N5O/c1-3-4(2)9-6-10-5(8)11-7(13)12-6/h4H,3H2,1-2H3,(H4,8,9,10,11,12,13)/t4-/m1/s1. The van der Waals surface area contributed by atoms with Gasteiger partial charge in [0.1, 0.15) is 0 Å². The summed E-state index contributed by atoms with van der Waals surface area (Å²) in [6.45, 7) is 3.99. The Hall–Kier alpha value is -1.59. The molecular weight excluding hydrogens is 170 g/mol.